The molecule has 2 aromatic rings. The Hall–Kier alpha value is -2.31. The van der Waals surface area contributed by atoms with Gasteiger partial charge in [-0.1, -0.05) is 0 Å². The number of carbonyl (C=O) groups excluding carboxylic acids is 1. The van der Waals surface area contributed by atoms with Crippen LogP contribution in [0.3, 0.4) is 0 Å². The summed E-state index contributed by atoms with van der Waals surface area (Å²) in [6, 6.07) is 1.65. The van der Waals surface area contributed by atoms with Crippen molar-refractivity contribution in [3.05, 3.63) is 52.4 Å². The monoisotopic (exact) mass is 323 g/mol. The Morgan fingerprint density at radius 3 is 2.70 bits per heavy atom. The van der Waals surface area contributed by atoms with Gasteiger partial charge in [-0.15, -0.1) is 0 Å². The lowest BCUT2D eigenvalue weighted by Crippen LogP contribution is -2.26. The number of nitrogens with one attached hydrogen (secondary N) is 1. The second kappa shape index (κ2) is 6.06. The second-order valence-electron chi connectivity index (χ2n) is 5.59. The highest BCUT2D eigenvalue weighted by atomic mass is 19.2. The van der Waals surface area contributed by atoms with Crippen molar-refractivity contribution in [2.75, 3.05) is 0 Å². The molecule has 1 N–H and O–H groups in total. The number of hydrogen-bond donors (Lipinski definition) is 1. The molecule has 4 nitrogen and oxygen atoms in total. The first kappa shape index (κ1) is 15.6. The summed E-state index contributed by atoms with van der Waals surface area (Å²) in [5.74, 6) is -4.60. The standard InChI is InChI=1S/C16H16F3N3O/c1-22-12-5-3-2-4-11(12)21-13(22)8-20-16(23)9-6-7-10(17)15(19)14(9)18/h6-7H,2-5,8H2,1H3,(H,20,23). The summed E-state index contributed by atoms with van der Waals surface area (Å²) in [4.78, 5) is 16.5. The van der Waals surface area contributed by atoms with Crippen molar-refractivity contribution in [3.8, 4) is 0 Å². The SMILES string of the molecule is Cn1c(CNC(=O)c2ccc(F)c(F)c2F)nc2c1CCCC2. The molecule has 23 heavy (non-hydrogen) atoms. The molecule has 1 amide bonds. The van der Waals surface area contributed by atoms with E-state index >= 15 is 0 Å². The fourth-order valence-corrected chi connectivity index (χ4v) is 2.86. The van der Waals surface area contributed by atoms with Crippen LogP contribution in [0, 0.1) is 17.5 Å². The first-order valence-electron chi connectivity index (χ1n) is 7.44. The molecule has 0 fully saturated rings. The molecular formula is C16H16F3N3O. The molecule has 1 aliphatic carbocycles. The van der Waals surface area contributed by atoms with Crippen LogP contribution in [-0.2, 0) is 26.4 Å². The zero-order chi connectivity index (χ0) is 16.6. The van der Waals surface area contributed by atoms with Gasteiger partial charge < -0.3 is 9.88 Å². The lowest BCUT2D eigenvalue weighted by Gasteiger charge is -2.11. The fraction of sp³-hybridized carbons (Fsp3) is 0.375. The Morgan fingerprint density at radius 1 is 1.22 bits per heavy atom. The van der Waals surface area contributed by atoms with Crippen LogP contribution in [0.5, 0.6) is 0 Å². The predicted octanol–water partition coefficient (Wildman–Crippen LogP) is 2.65. The molecule has 0 radical (unpaired) electrons. The molecule has 7 heteroatoms. The molecule has 122 valence electrons. The Morgan fingerprint density at radius 2 is 1.96 bits per heavy atom. The molecule has 1 aromatic heterocycles. The number of hydrogen-bond acceptors (Lipinski definition) is 2. The van der Waals surface area contributed by atoms with Gasteiger partial charge in [0, 0.05) is 12.7 Å². The normalized spacial score (nSPS) is 13.7. The molecule has 1 aliphatic rings. The molecule has 1 heterocycles. The van der Waals surface area contributed by atoms with Crippen LogP contribution in [0.25, 0.3) is 0 Å². The van der Waals surface area contributed by atoms with E-state index in [1.54, 1.807) is 0 Å². The van der Waals surface area contributed by atoms with Crippen LogP contribution >= 0.6 is 0 Å². The van der Waals surface area contributed by atoms with Crippen molar-refractivity contribution in [2.24, 2.45) is 7.05 Å². The van der Waals surface area contributed by atoms with E-state index in [1.807, 2.05) is 11.6 Å². The van der Waals surface area contributed by atoms with Gasteiger partial charge in [-0.2, -0.15) is 0 Å². The number of aromatic nitrogens is 2. The third-order valence-corrected chi connectivity index (χ3v) is 4.15. The summed E-state index contributed by atoms with van der Waals surface area (Å²) in [7, 11) is 1.87. The molecule has 0 spiro atoms. The van der Waals surface area contributed by atoms with Gasteiger partial charge in [0.25, 0.3) is 5.91 Å². The van der Waals surface area contributed by atoms with Crippen molar-refractivity contribution in [1.82, 2.24) is 14.9 Å². The van der Waals surface area contributed by atoms with E-state index < -0.39 is 28.9 Å². The molecule has 1 aromatic carbocycles. The van der Waals surface area contributed by atoms with Crippen LogP contribution in [0.1, 0.15) is 40.4 Å². The summed E-state index contributed by atoms with van der Waals surface area (Å²) in [6.07, 6.45) is 4.06. The van der Waals surface area contributed by atoms with Crippen molar-refractivity contribution in [2.45, 2.75) is 32.2 Å². The average Bonchev–Trinajstić information content (AvgIpc) is 2.87. The molecule has 3 rings (SSSR count). The maximum Gasteiger partial charge on any atom is 0.254 e. The van der Waals surface area contributed by atoms with Gasteiger partial charge in [0.05, 0.1) is 17.8 Å². The number of imidazole rings is 1. The molecule has 0 bridgehead atoms. The van der Waals surface area contributed by atoms with Crippen LogP contribution in [0.4, 0.5) is 13.2 Å². The lowest BCUT2D eigenvalue weighted by molar-refractivity contribution is 0.0944. The van der Waals surface area contributed by atoms with E-state index in [0.717, 1.165) is 49.2 Å². The number of nitrogens with zero attached hydrogens (tertiary/aromatic N) is 2. The predicted molar refractivity (Wildman–Crippen MR) is 77.3 cm³/mol. The van der Waals surface area contributed by atoms with Gasteiger partial charge in [-0.3, -0.25) is 4.79 Å². The van der Waals surface area contributed by atoms with Crippen molar-refractivity contribution < 1.29 is 18.0 Å². The topological polar surface area (TPSA) is 46.9 Å². The van der Waals surface area contributed by atoms with Gasteiger partial charge >= 0.3 is 0 Å². The Labute approximate surface area is 131 Å². The number of rotatable bonds is 3. The minimum atomic E-state index is -1.65. The second-order valence-corrected chi connectivity index (χ2v) is 5.59. The molecule has 0 saturated carbocycles. The fourth-order valence-electron chi connectivity index (χ4n) is 2.86. The van der Waals surface area contributed by atoms with E-state index in [9.17, 15) is 18.0 Å². The van der Waals surface area contributed by atoms with E-state index in [4.69, 9.17) is 0 Å². The molecule has 0 saturated heterocycles. The van der Waals surface area contributed by atoms with Crippen LogP contribution in [-0.4, -0.2) is 15.5 Å². The van der Waals surface area contributed by atoms with Gasteiger partial charge in [0.1, 0.15) is 5.82 Å². The summed E-state index contributed by atoms with van der Waals surface area (Å²) in [5.41, 5.74) is 1.66. The number of carbonyl (C=O) groups is 1. The highest BCUT2D eigenvalue weighted by molar-refractivity contribution is 5.94. The van der Waals surface area contributed by atoms with E-state index in [1.165, 1.54) is 0 Å². The highest BCUT2D eigenvalue weighted by Crippen LogP contribution is 2.21. The molecule has 0 aliphatic heterocycles. The van der Waals surface area contributed by atoms with Crippen LogP contribution in [0.15, 0.2) is 12.1 Å². The largest absolute Gasteiger partial charge is 0.345 e. The molecule has 0 atom stereocenters. The van der Waals surface area contributed by atoms with Crippen molar-refractivity contribution in [1.29, 1.82) is 0 Å². The Bertz CT molecular complexity index is 770. The minimum absolute atomic E-state index is 0.0980. The number of amides is 1. The summed E-state index contributed by atoms with van der Waals surface area (Å²) < 4.78 is 41.6. The van der Waals surface area contributed by atoms with Gasteiger partial charge in [-0.05, 0) is 37.8 Å². The van der Waals surface area contributed by atoms with E-state index in [-0.39, 0.29) is 6.54 Å². The third kappa shape index (κ3) is 2.83. The van der Waals surface area contributed by atoms with E-state index in [2.05, 4.69) is 10.3 Å². The third-order valence-electron chi connectivity index (χ3n) is 4.15. The summed E-state index contributed by atoms with van der Waals surface area (Å²) in [5, 5.41) is 2.50. The lowest BCUT2D eigenvalue weighted by atomic mass is 10.0. The molecule has 0 unspecified atom stereocenters. The first-order chi connectivity index (χ1) is 11.0. The zero-order valence-electron chi connectivity index (χ0n) is 12.6. The van der Waals surface area contributed by atoms with Gasteiger partial charge in [0.15, 0.2) is 17.5 Å². The Kier molecular flexibility index (Phi) is 4.11. The smallest absolute Gasteiger partial charge is 0.254 e. The van der Waals surface area contributed by atoms with Gasteiger partial charge in [0.2, 0.25) is 0 Å². The van der Waals surface area contributed by atoms with E-state index in [0.29, 0.717) is 5.82 Å². The highest BCUT2D eigenvalue weighted by Gasteiger charge is 2.21. The number of benzene rings is 1. The quantitative estimate of drug-likeness (QED) is 0.883. The number of aryl methyl sites for hydroxylation is 1. The maximum atomic E-state index is 13.6. The maximum absolute atomic E-state index is 13.6. The van der Waals surface area contributed by atoms with Gasteiger partial charge in [-0.25, -0.2) is 18.2 Å². The zero-order valence-corrected chi connectivity index (χ0v) is 12.6. The minimum Gasteiger partial charge on any atom is -0.345 e. The van der Waals surface area contributed by atoms with Crippen LogP contribution in [0.2, 0.25) is 0 Å². The first-order valence-corrected chi connectivity index (χ1v) is 7.44. The van der Waals surface area contributed by atoms with Crippen molar-refractivity contribution >= 4 is 5.91 Å². The van der Waals surface area contributed by atoms with Crippen LogP contribution < -0.4 is 5.32 Å². The molecular weight excluding hydrogens is 307 g/mol. The summed E-state index contributed by atoms with van der Waals surface area (Å²) in [6.45, 7) is 0.0980. The number of fused-ring (bicyclic) bond motifs is 1. The Balaban J connectivity index is 1.75. The summed E-state index contributed by atoms with van der Waals surface area (Å²) >= 11 is 0. The average molecular weight is 323 g/mol. The number of halogens is 3. The van der Waals surface area contributed by atoms with Crippen molar-refractivity contribution in [3.63, 3.8) is 0 Å².